The van der Waals surface area contributed by atoms with Gasteiger partial charge in [0, 0.05) is 37.7 Å². The number of hydrogen-bond donors (Lipinski definition) is 1. The summed E-state index contributed by atoms with van der Waals surface area (Å²) in [6, 6.07) is 6.85. The van der Waals surface area contributed by atoms with Crippen molar-refractivity contribution in [1.29, 1.82) is 0 Å². The molecule has 1 unspecified atom stereocenters. The Hall–Kier alpha value is -2.37. The zero-order valence-corrected chi connectivity index (χ0v) is 19.2. The summed E-state index contributed by atoms with van der Waals surface area (Å²) in [5.41, 5.74) is 1.49. The molecule has 3 amide bonds. The average molecular weight is 428 g/mol. The third kappa shape index (κ3) is 5.86. The van der Waals surface area contributed by atoms with Gasteiger partial charge in [-0.1, -0.05) is 44.9 Å². The molecule has 170 valence electrons. The number of hydrogen-bond acceptors (Lipinski definition) is 3. The second kappa shape index (κ2) is 10.8. The van der Waals surface area contributed by atoms with E-state index in [1.807, 2.05) is 48.8 Å². The van der Waals surface area contributed by atoms with Crippen LogP contribution in [0.5, 0.6) is 0 Å². The first kappa shape index (κ1) is 23.3. The molecule has 1 atom stereocenters. The van der Waals surface area contributed by atoms with Crippen molar-refractivity contribution < 1.29 is 14.4 Å². The van der Waals surface area contributed by atoms with Gasteiger partial charge in [-0.3, -0.25) is 14.4 Å². The molecule has 2 aliphatic rings. The molecule has 1 aromatic carbocycles. The molecule has 0 radical (unpaired) electrons. The van der Waals surface area contributed by atoms with Crippen molar-refractivity contribution in [2.45, 2.75) is 65.3 Å². The molecule has 0 bridgehead atoms. The molecule has 0 aromatic heterocycles. The summed E-state index contributed by atoms with van der Waals surface area (Å²) in [5.74, 6) is 0.00869. The van der Waals surface area contributed by atoms with Crippen LogP contribution in [0.25, 0.3) is 0 Å². The van der Waals surface area contributed by atoms with Gasteiger partial charge in [-0.15, -0.1) is 0 Å². The van der Waals surface area contributed by atoms with Crippen LogP contribution in [0.4, 0.5) is 0 Å². The Bertz CT molecular complexity index is 776. The summed E-state index contributed by atoms with van der Waals surface area (Å²) in [5, 5.41) is 2.96. The number of aryl methyl sites for hydroxylation is 1. The van der Waals surface area contributed by atoms with E-state index in [-0.39, 0.29) is 29.6 Å². The number of amides is 3. The maximum absolute atomic E-state index is 13.2. The number of carbonyl (C=O) groups excluding carboxylic acids is 3. The molecule has 1 N–H and O–H groups in total. The van der Waals surface area contributed by atoms with Crippen LogP contribution in [0.2, 0.25) is 0 Å². The van der Waals surface area contributed by atoms with Crippen LogP contribution in [-0.2, 0) is 9.59 Å². The Labute approximate surface area is 186 Å². The van der Waals surface area contributed by atoms with Crippen molar-refractivity contribution in [2.75, 3.05) is 26.2 Å². The molecule has 2 saturated heterocycles. The number of likely N-dealkylation sites (tertiary alicyclic amines) is 2. The topological polar surface area (TPSA) is 69.7 Å². The van der Waals surface area contributed by atoms with Crippen LogP contribution in [0.1, 0.15) is 68.3 Å². The van der Waals surface area contributed by atoms with E-state index in [9.17, 15) is 14.4 Å². The summed E-state index contributed by atoms with van der Waals surface area (Å²) in [4.78, 5) is 42.8. The molecular weight excluding hydrogens is 390 g/mol. The van der Waals surface area contributed by atoms with E-state index in [0.717, 1.165) is 31.5 Å². The van der Waals surface area contributed by atoms with Crippen LogP contribution in [0.15, 0.2) is 24.3 Å². The first-order valence-corrected chi connectivity index (χ1v) is 11.8. The van der Waals surface area contributed by atoms with E-state index >= 15 is 0 Å². The summed E-state index contributed by atoms with van der Waals surface area (Å²) in [6.07, 6.45) is 6.03. The van der Waals surface area contributed by atoms with E-state index in [4.69, 9.17) is 0 Å². The van der Waals surface area contributed by atoms with Crippen molar-refractivity contribution in [2.24, 2.45) is 11.8 Å². The Morgan fingerprint density at radius 2 is 1.52 bits per heavy atom. The van der Waals surface area contributed by atoms with Crippen molar-refractivity contribution in [3.8, 4) is 0 Å². The van der Waals surface area contributed by atoms with E-state index in [2.05, 4.69) is 5.32 Å². The fourth-order valence-corrected chi connectivity index (χ4v) is 4.65. The van der Waals surface area contributed by atoms with Crippen molar-refractivity contribution in [3.63, 3.8) is 0 Å². The van der Waals surface area contributed by atoms with Crippen LogP contribution in [-0.4, -0.2) is 59.7 Å². The summed E-state index contributed by atoms with van der Waals surface area (Å²) < 4.78 is 0. The van der Waals surface area contributed by atoms with Gasteiger partial charge in [0.05, 0.1) is 0 Å². The predicted molar refractivity (Wildman–Crippen MR) is 122 cm³/mol. The Morgan fingerprint density at radius 3 is 2.10 bits per heavy atom. The molecule has 31 heavy (non-hydrogen) atoms. The SMILES string of the molecule is Cc1ccccc1C(=O)NC(C(=O)N1CCC(C(=O)N2CCCCCC2)CC1)C(C)C. The molecule has 2 heterocycles. The third-order valence-electron chi connectivity index (χ3n) is 6.68. The van der Waals surface area contributed by atoms with Crippen LogP contribution >= 0.6 is 0 Å². The molecule has 0 saturated carbocycles. The van der Waals surface area contributed by atoms with Gasteiger partial charge in [0.15, 0.2) is 0 Å². The van der Waals surface area contributed by atoms with E-state index in [1.165, 1.54) is 12.8 Å². The lowest BCUT2D eigenvalue weighted by Crippen LogP contribution is -2.54. The highest BCUT2D eigenvalue weighted by Gasteiger charge is 2.34. The number of piperidine rings is 1. The number of benzene rings is 1. The maximum atomic E-state index is 13.2. The first-order valence-electron chi connectivity index (χ1n) is 11.8. The normalized spacial score (nSPS) is 19.1. The van der Waals surface area contributed by atoms with Crippen LogP contribution < -0.4 is 5.32 Å². The van der Waals surface area contributed by atoms with Gasteiger partial charge in [0.25, 0.3) is 5.91 Å². The quantitative estimate of drug-likeness (QED) is 0.783. The van der Waals surface area contributed by atoms with E-state index in [1.54, 1.807) is 6.07 Å². The monoisotopic (exact) mass is 427 g/mol. The van der Waals surface area contributed by atoms with Gasteiger partial charge < -0.3 is 15.1 Å². The number of nitrogens with one attached hydrogen (secondary N) is 1. The summed E-state index contributed by atoms with van der Waals surface area (Å²) in [7, 11) is 0. The van der Waals surface area contributed by atoms with Gasteiger partial charge in [-0.25, -0.2) is 0 Å². The Balaban J connectivity index is 1.57. The molecule has 2 aliphatic heterocycles. The van der Waals surface area contributed by atoms with Crippen LogP contribution in [0.3, 0.4) is 0 Å². The highest BCUT2D eigenvalue weighted by Crippen LogP contribution is 2.23. The number of nitrogens with zero attached hydrogens (tertiary/aromatic N) is 2. The maximum Gasteiger partial charge on any atom is 0.252 e. The minimum absolute atomic E-state index is 0.0150. The zero-order valence-electron chi connectivity index (χ0n) is 19.2. The summed E-state index contributed by atoms with van der Waals surface area (Å²) in [6.45, 7) is 8.70. The van der Waals surface area contributed by atoms with Crippen molar-refractivity contribution in [1.82, 2.24) is 15.1 Å². The first-order chi connectivity index (χ1) is 14.9. The second-order valence-electron chi connectivity index (χ2n) is 9.35. The van der Waals surface area contributed by atoms with Crippen molar-refractivity contribution >= 4 is 17.7 Å². The van der Waals surface area contributed by atoms with Gasteiger partial charge in [0.1, 0.15) is 6.04 Å². The highest BCUT2D eigenvalue weighted by molar-refractivity contribution is 5.98. The minimum atomic E-state index is -0.565. The molecule has 6 heteroatoms. The van der Waals surface area contributed by atoms with Gasteiger partial charge >= 0.3 is 0 Å². The largest absolute Gasteiger partial charge is 0.342 e. The van der Waals surface area contributed by atoms with E-state index in [0.29, 0.717) is 31.5 Å². The predicted octanol–water partition coefficient (Wildman–Crippen LogP) is 3.39. The lowest BCUT2D eigenvalue weighted by molar-refractivity contribution is -0.142. The van der Waals surface area contributed by atoms with Gasteiger partial charge in [-0.2, -0.15) is 0 Å². The standard InChI is InChI=1S/C25H37N3O3/c1-18(2)22(26-23(29)21-11-7-6-10-19(21)3)25(31)28-16-12-20(13-17-28)24(30)27-14-8-4-5-9-15-27/h6-7,10-11,18,20,22H,4-5,8-9,12-17H2,1-3H3,(H,26,29). The number of rotatable bonds is 5. The fourth-order valence-electron chi connectivity index (χ4n) is 4.65. The third-order valence-corrected chi connectivity index (χ3v) is 6.68. The highest BCUT2D eigenvalue weighted by atomic mass is 16.2. The molecule has 0 aliphatic carbocycles. The average Bonchev–Trinajstić information content (AvgIpc) is 3.06. The summed E-state index contributed by atoms with van der Waals surface area (Å²) >= 11 is 0. The molecule has 0 spiro atoms. The number of carbonyl (C=O) groups is 3. The molecule has 1 aromatic rings. The Kier molecular flexibility index (Phi) is 8.10. The lowest BCUT2D eigenvalue weighted by Gasteiger charge is -2.36. The zero-order chi connectivity index (χ0) is 22.4. The molecule has 2 fully saturated rings. The minimum Gasteiger partial charge on any atom is -0.342 e. The Morgan fingerprint density at radius 1 is 0.903 bits per heavy atom. The van der Waals surface area contributed by atoms with Gasteiger partial charge in [-0.05, 0) is 50.2 Å². The van der Waals surface area contributed by atoms with Gasteiger partial charge in [0.2, 0.25) is 11.8 Å². The van der Waals surface area contributed by atoms with Crippen molar-refractivity contribution in [3.05, 3.63) is 35.4 Å². The van der Waals surface area contributed by atoms with Crippen LogP contribution in [0, 0.1) is 18.8 Å². The smallest absolute Gasteiger partial charge is 0.252 e. The molecular formula is C25H37N3O3. The molecule has 6 nitrogen and oxygen atoms in total. The fraction of sp³-hybridized carbons (Fsp3) is 0.640. The van der Waals surface area contributed by atoms with E-state index < -0.39 is 6.04 Å². The lowest BCUT2D eigenvalue weighted by atomic mass is 9.93. The second-order valence-corrected chi connectivity index (χ2v) is 9.35. The molecule has 3 rings (SSSR count).